The van der Waals surface area contributed by atoms with Crippen molar-refractivity contribution in [3.63, 3.8) is 0 Å². The van der Waals surface area contributed by atoms with Gasteiger partial charge in [0.2, 0.25) is 0 Å². The first-order valence-electron chi connectivity index (χ1n) is 7.57. The van der Waals surface area contributed by atoms with Crippen molar-refractivity contribution in [2.45, 2.75) is 0 Å². The van der Waals surface area contributed by atoms with E-state index in [4.69, 9.17) is 14.2 Å². The molecule has 0 N–H and O–H groups in total. The Hall–Kier alpha value is -2.11. The van der Waals surface area contributed by atoms with Gasteiger partial charge in [-0.3, -0.25) is 4.79 Å². The summed E-state index contributed by atoms with van der Waals surface area (Å²) in [5.41, 5.74) is 2.10. The molecule has 0 fully saturated rings. The van der Waals surface area contributed by atoms with Crippen LogP contribution >= 0.6 is 15.9 Å². The fourth-order valence-corrected chi connectivity index (χ4v) is 2.81. The van der Waals surface area contributed by atoms with Crippen molar-refractivity contribution in [1.82, 2.24) is 0 Å². The summed E-state index contributed by atoms with van der Waals surface area (Å²) >= 11 is 3.39. The van der Waals surface area contributed by atoms with Gasteiger partial charge in [-0.05, 0) is 42.0 Å². The van der Waals surface area contributed by atoms with Crippen LogP contribution in [-0.2, 0) is 4.74 Å². The highest BCUT2D eigenvalue weighted by atomic mass is 79.9. The molecule has 0 aromatic heterocycles. The summed E-state index contributed by atoms with van der Waals surface area (Å²) in [6, 6.07) is 13.1. The van der Waals surface area contributed by atoms with Crippen LogP contribution in [-0.4, -0.2) is 32.7 Å². The quantitative estimate of drug-likeness (QED) is 0.570. The van der Waals surface area contributed by atoms with Crippen LogP contribution in [0.4, 0.5) is 0 Å². The molecule has 2 aromatic carbocycles. The van der Waals surface area contributed by atoms with E-state index in [1.54, 1.807) is 19.2 Å². The van der Waals surface area contributed by atoms with E-state index >= 15 is 0 Å². The van der Waals surface area contributed by atoms with Crippen LogP contribution in [0.25, 0.3) is 6.08 Å². The Morgan fingerprint density at radius 3 is 2.92 bits per heavy atom. The summed E-state index contributed by atoms with van der Waals surface area (Å²) in [6.07, 6.45) is 1.84. The molecule has 0 radical (unpaired) electrons. The molecule has 4 nitrogen and oxygen atoms in total. The highest BCUT2D eigenvalue weighted by Gasteiger charge is 2.23. The molecule has 1 heterocycles. The van der Waals surface area contributed by atoms with Gasteiger partial charge in [0.1, 0.15) is 24.7 Å². The number of Topliss-reactive ketones (excluding diaryl/α,β-unsaturated/α-hetero) is 1. The Labute approximate surface area is 149 Å². The average molecular weight is 389 g/mol. The molecule has 0 aliphatic carbocycles. The lowest BCUT2D eigenvalue weighted by Crippen LogP contribution is -2.19. The molecule has 0 saturated carbocycles. The largest absolute Gasteiger partial charge is 0.491 e. The molecular weight excluding hydrogens is 372 g/mol. The second kappa shape index (κ2) is 7.64. The van der Waals surface area contributed by atoms with E-state index in [-0.39, 0.29) is 12.4 Å². The standard InChI is InChI=1S/C19H17BrO4/c1-22-7-8-23-16-4-2-3-13(10-16)9-14-12-24-18-6-5-15(20)11-17(18)19(14)21/h2-6,9-11H,7-8,12H2,1H3. The van der Waals surface area contributed by atoms with Crippen molar-refractivity contribution < 1.29 is 19.0 Å². The third-order valence-electron chi connectivity index (χ3n) is 3.62. The molecule has 0 atom stereocenters. The third-order valence-corrected chi connectivity index (χ3v) is 4.11. The Bertz CT molecular complexity index is 783. The predicted molar refractivity (Wildman–Crippen MR) is 95.8 cm³/mol. The lowest BCUT2D eigenvalue weighted by Gasteiger charge is -2.19. The number of carbonyl (C=O) groups is 1. The summed E-state index contributed by atoms with van der Waals surface area (Å²) in [7, 11) is 1.63. The Morgan fingerprint density at radius 2 is 2.08 bits per heavy atom. The van der Waals surface area contributed by atoms with Crippen LogP contribution < -0.4 is 9.47 Å². The van der Waals surface area contributed by atoms with Gasteiger partial charge in [0.15, 0.2) is 5.78 Å². The third kappa shape index (κ3) is 3.86. The number of rotatable bonds is 5. The first kappa shape index (κ1) is 16.7. The number of carbonyl (C=O) groups excluding carboxylic acids is 1. The maximum absolute atomic E-state index is 12.7. The first-order valence-corrected chi connectivity index (χ1v) is 8.36. The van der Waals surface area contributed by atoms with E-state index in [9.17, 15) is 4.79 Å². The molecule has 1 aliphatic rings. The molecule has 0 bridgehead atoms. The van der Waals surface area contributed by atoms with Gasteiger partial charge in [0.05, 0.1) is 12.2 Å². The number of methoxy groups -OCH3 is 1. The average Bonchev–Trinajstić information content (AvgIpc) is 2.59. The van der Waals surface area contributed by atoms with Gasteiger partial charge in [0, 0.05) is 17.2 Å². The van der Waals surface area contributed by atoms with E-state index in [2.05, 4.69) is 15.9 Å². The summed E-state index contributed by atoms with van der Waals surface area (Å²) in [5, 5.41) is 0. The number of ketones is 1. The first-order chi connectivity index (χ1) is 11.7. The van der Waals surface area contributed by atoms with Crippen LogP contribution in [0.5, 0.6) is 11.5 Å². The van der Waals surface area contributed by atoms with Gasteiger partial charge < -0.3 is 14.2 Å². The van der Waals surface area contributed by atoms with Gasteiger partial charge in [-0.15, -0.1) is 0 Å². The zero-order valence-corrected chi connectivity index (χ0v) is 14.8. The van der Waals surface area contributed by atoms with Crippen molar-refractivity contribution in [3.05, 3.63) is 63.6 Å². The van der Waals surface area contributed by atoms with Crippen molar-refractivity contribution in [2.24, 2.45) is 0 Å². The zero-order chi connectivity index (χ0) is 16.9. The molecule has 0 spiro atoms. The summed E-state index contributed by atoms with van der Waals surface area (Å²) in [5.74, 6) is 1.36. The summed E-state index contributed by atoms with van der Waals surface area (Å²) in [4.78, 5) is 12.7. The van der Waals surface area contributed by atoms with Crippen molar-refractivity contribution in [1.29, 1.82) is 0 Å². The highest BCUT2D eigenvalue weighted by molar-refractivity contribution is 9.10. The fraction of sp³-hybridized carbons (Fsp3) is 0.211. The van der Waals surface area contributed by atoms with Crippen molar-refractivity contribution >= 4 is 27.8 Å². The molecule has 124 valence electrons. The molecule has 24 heavy (non-hydrogen) atoms. The van der Waals surface area contributed by atoms with Crippen molar-refractivity contribution in [2.75, 3.05) is 26.9 Å². The molecule has 0 saturated heterocycles. The monoisotopic (exact) mass is 388 g/mol. The van der Waals surface area contributed by atoms with Crippen LogP contribution in [0, 0.1) is 0 Å². The SMILES string of the molecule is COCCOc1cccc(C=C2COc3ccc(Br)cc3C2=O)c1. The van der Waals surface area contributed by atoms with Crippen LogP contribution in [0.15, 0.2) is 52.5 Å². The molecule has 3 rings (SSSR count). The van der Waals surface area contributed by atoms with E-state index in [0.717, 1.165) is 15.8 Å². The smallest absolute Gasteiger partial charge is 0.196 e. The van der Waals surface area contributed by atoms with E-state index in [0.29, 0.717) is 30.1 Å². The van der Waals surface area contributed by atoms with Crippen LogP contribution in [0.3, 0.4) is 0 Å². The lowest BCUT2D eigenvalue weighted by atomic mass is 9.98. The van der Waals surface area contributed by atoms with E-state index in [1.807, 2.05) is 36.4 Å². The van der Waals surface area contributed by atoms with Crippen LogP contribution in [0.1, 0.15) is 15.9 Å². The normalized spacial score (nSPS) is 15.1. The minimum atomic E-state index is -0.0109. The van der Waals surface area contributed by atoms with Gasteiger partial charge in [0.25, 0.3) is 0 Å². The van der Waals surface area contributed by atoms with Crippen LogP contribution in [0.2, 0.25) is 0 Å². The number of benzene rings is 2. The maximum atomic E-state index is 12.7. The number of ether oxygens (including phenoxy) is 3. The molecule has 0 amide bonds. The Kier molecular flexibility index (Phi) is 5.33. The van der Waals surface area contributed by atoms with Gasteiger partial charge >= 0.3 is 0 Å². The fourth-order valence-electron chi connectivity index (χ4n) is 2.44. The molecule has 5 heteroatoms. The minimum Gasteiger partial charge on any atom is -0.491 e. The topological polar surface area (TPSA) is 44.8 Å². The molecular formula is C19H17BrO4. The van der Waals surface area contributed by atoms with Gasteiger partial charge in [-0.1, -0.05) is 28.1 Å². The summed E-state index contributed by atoms with van der Waals surface area (Å²) in [6.45, 7) is 1.28. The molecule has 1 aliphatic heterocycles. The maximum Gasteiger partial charge on any atom is 0.196 e. The molecule has 2 aromatic rings. The number of fused-ring (bicyclic) bond motifs is 1. The van der Waals surface area contributed by atoms with Gasteiger partial charge in [-0.25, -0.2) is 0 Å². The molecule has 0 unspecified atom stereocenters. The number of hydrogen-bond acceptors (Lipinski definition) is 4. The minimum absolute atomic E-state index is 0.0109. The van der Waals surface area contributed by atoms with Gasteiger partial charge in [-0.2, -0.15) is 0 Å². The van der Waals surface area contributed by atoms with Crippen molar-refractivity contribution in [3.8, 4) is 11.5 Å². The van der Waals surface area contributed by atoms with E-state index < -0.39 is 0 Å². The predicted octanol–water partition coefficient (Wildman–Crippen LogP) is 4.13. The van der Waals surface area contributed by atoms with E-state index in [1.165, 1.54) is 0 Å². The second-order valence-electron chi connectivity index (χ2n) is 5.34. The zero-order valence-electron chi connectivity index (χ0n) is 13.3. The highest BCUT2D eigenvalue weighted by Crippen LogP contribution is 2.30. The Morgan fingerprint density at radius 1 is 1.21 bits per heavy atom. The lowest BCUT2D eigenvalue weighted by molar-refractivity contribution is 0.100. The number of halogens is 1. The Balaban J connectivity index is 1.82. The number of hydrogen-bond donors (Lipinski definition) is 0. The second-order valence-corrected chi connectivity index (χ2v) is 6.26. The summed E-state index contributed by atoms with van der Waals surface area (Å²) < 4.78 is 17.1.